The van der Waals surface area contributed by atoms with E-state index in [0.29, 0.717) is 30.0 Å². The fourth-order valence-corrected chi connectivity index (χ4v) is 4.57. The number of rotatable bonds is 8. The van der Waals surface area contributed by atoms with Gasteiger partial charge in [0.25, 0.3) is 0 Å². The van der Waals surface area contributed by atoms with Gasteiger partial charge in [-0.15, -0.1) is 0 Å². The Balaban J connectivity index is 1.42. The molecule has 0 heterocycles. The lowest BCUT2D eigenvalue weighted by Crippen LogP contribution is -2.24. The summed E-state index contributed by atoms with van der Waals surface area (Å²) >= 11 is 0. The van der Waals surface area contributed by atoms with Crippen LogP contribution in [0, 0.1) is 5.82 Å². The molecule has 0 fully saturated rings. The zero-order valence-electron chi connectivity index (χ0n) is 18.6. The van der Waals surface area contributed by atoms with Crippen molar-refractivity contribution in [2.75, 3.05) is 19.4 Å². The molecular formula is C27H26FNO3S. The normalized spacial score (nSPS) is 12.6. The maximum absolute atomic E-state index is 14.2. The molecule has 0 unspecified atom stereocenters. The molecule has 33 heavy (non-hydrogen) atoms. The highest BCUT2D eigenvalue weighted by Crippen LogP contribution is 2.28. The van der Waals surface area contributed by atoms with Crippen LogP contribution in [-0.2, 0) is 9.84 Å². The maximum atomic E-state index is 14.2. The molecule has 1 atom stereocenters. The van der Waals surface area contributed by atoms with E-state index in [9.17, 15) is 12.8 Å². The Kier molecular flexibility index (Phi) is 6.77. The SMILES string of the molecule is C[C@@H](NCCOc1cc(F)cc(-c2cccc(S(C)(=O)=O)c2)c1)c1cccc2ccccc12. The average molecular weight is 464 g/mol. The van der Waals surface area contributed by atoms with Gasteiger partial charge in [-0.2, -0.15) is 0 Å². The molecule has 4 aromatic carbocycles. The monoisotopic (exact) mass is 463 g/mol. The third kappa shape index (κ3) is 5.59. The topological polar surface area (TPSA) is 55.4 Å². The molecule has 0 spiro atoms. The third-order valence-corrected chi connectivity index (χ3v) is 6.69. The van der Waals surface area contributed by atoms with Crippen molar-refractivity contribution in [1.29, 1.82) is 0 Å². The first kappa shape index (κ1) is 23.0. The van der Waals surface area contributed by atoms with E-state index < -0.39 is 15.7 Å². The van der Waals surface area contributed by atoms with E-state index in [0.717, 1.165) is 6.26 Å². The van der Waals surface area contributed by atoms with Gasteiger partial charge in [-0.3, -0.25) is 0 Å². The molecule has 4 rings (SSSR count). The van der Waals surface area contributed by atoms with E-state index in [1.54, 1.807) is 24.3 Å². The Labute approximate surface area is 194 Å². The van der Waals surface area contributed by atoms with Gasteiger partial charge in [0.1, 0.15) is 18.2 Å². The molecular weight excluding hydrogens is 437 g/mol. The minimum absolute atomic E-state index is 0.126. The smallest absolute Gasteiger partial charge is 0.175 e. The van der Waals surface area contributed by atoms with Crippen molar-refractivity contribution >= 4 is 20.6 Å². The van der Waals surface area contributed by atoms with Crippen LogP contribution < -0.4 is 10.1 Å². The summed E-state index contributed by atoms with van der Waals surface area (Å²) in [5, 5.41) is 5.88. The van der Waals surface area contributed by atoms with Gasteiger partial charge in [-0.1, -0.05) is 54.6 Å². The Morgan fingerprint density at radius 3 is 2.48 bits per heavy atom. The first-order valence-electron chi connectivity index (χ1n) is 10.8. The van der Waals surface area contributed by atoms with Gasteiger partial charge < -0.3 is 10.1 Å². The first-order valence-corrected chi connectivity index (χ1v) is 12.7. The Hall–Kier alpha value is -3.22. The summed E-state index contributed by atoms with van der Waals surface area (Å²) in [4.78, 5) is 0.193. The van der Waals surface area contributed by atoms with Gasteiger partial charge in [0.2, 0.25) is 0 Å². The number of benzene rings is 4. The van der Waals surface area contributed by atoms with Crippen LogP contribution in [0.2, 0.25) is 0 Å². The Morgan fingerprint density at radius 2 is 1.67 bits per heavy atom. The van der Waals surface area contributed by atoms with Gasteiger partial charge in [0.15, 0.2) is 9.84 Å². The summed E-state index contributed by atoms with van der Waals surface area (Å²) in [6.07, 6.45) is 1.15. The molecule has 170 valence electrons. The van der Waals surface area contributed by atoms with Crippen LogP contribution in [0.1, 0.15) is 18.5 Å². The first-order chi connectivity index (χ1) is 15.8. The van der Waals surface area contributed by atoms with Crippen LogP contribution in [-0.4, -0.2) is 27.8 Å². The van der Waals surface area contributed by atoms with Crippen LogP contribution in [0.5, 0.6) is 5.75 Å². The minimum Gasteiger partial charge on any atom is -0.492 e. The van der Waals surface area contributed by atoms with Crippen LogP contribution in [0.25, 0.3) is 21.9 Å². The Morgan fingerprint density at radius 1 is 0.909 bits per heavy atom. The number of hydrogen-bond acceptors (Lipinski definition) is 4. The van der Waals surface area contributed by atoms with Crippen molar-refractivity contribution in [2.45, 2.75) is 17.9 Å². The van der Waals surface area contributed by atoms with Crippen molar-refractivity contribution in [2.24, 2.45) is 0 Å². The van der Waals surface area contributed by atoms with Gasteiger partial charge in [-0.25, -0.2) is 12.8 Å². The van der Waals surface area contributed by atoms with Crippen molar-refractivity contribution in [3.05, 3.63) is 96.3 Å². The molecule has 0 aliphatic carbocycles. The summed E-state index contributed by atoms with van der Waals surface area (Å²) in [6.45, 7) is 3.05. The molecule has 0 amide bonds. The summed E-state index contributed by atoms with van der Waals surface area (Å²) in [5.74, 6) is -0.0429. The van der Waals surface area contributed by atoms with Crippen LogP contribution in [0.3, 0.4) is 0 Å². The van der Waals surface area contributed by atoms with Crippen molar-refractivity contribution in [1.82, 2.24) is 5.32 Å². The molecule has 0 saturated heterocycles. The molecule has 1 N–H and O–H groups in total. The van der Waals surface area contributed by atoms with Crippen LogP contribution in [0.15, 0.2) is 89.8 Å². The van der Waals surface area contributed by atoms with E-state index in [4.69, 9.17) is 4.74 Å². The number of hydrogen-bond donors (Lipinski definition) is 1. The molecule has 6 heteroatoms. The molecule has 0 saturated carbocycles. The van der Waals surface area contributed by atoms with Crippen LogP contribution in [0.4, 0.5) is 4.39 Å². The van der Waals surface area contributed by atoms with Crippen molar-refractivity contribution in [3.63, 3.8) is 0 Å². The predicted octanol–water partition coefficient (Wildman–Crippen LogP) is 5.78. The number of fused-ring (bicyclic) bond motifs is 1. The second-order valence-electron chi connectivity index (χ2n) is 8.07. The summed E-state index contributed by atoms with van der Waals surface area (Å²) in [7, 11) is -3.35. The lowest BCUT2D eigenvalue weighted by atomic mass is 10.00. The maximum Gasteiger partial charge on any atom is 0.175 e. The fraction of sp³-hybridized carbons (Fsp3) is 0.185. The highest BCUT2D eigenvalue weighted by Gasteiger charge is 2.11. The van der Waals surface area contributed by atoms with Crippen molar-refractivity contribution in [3.8, 4) is 16.9 Å². The lowest BCUT2D eigenvalue weighted by Gasteiger charge is -2.17. The molecule has 0 aliphatic rings. The third-order valence-electron chi connectivity index (χ3n) is 5.58. The number of ether oxygens (including phenoxy) is 1. The largest absolute Gasteiger partial charge is 0.492 e. The van der Waals surface area contributed by atoms with Crippen molar-refractivity contribution < 1.29 is 17.5 Å². The molecule has 4 nitrogen and oxygen atoms in total. The Bertz CT molecular complexity index is 1380. The molecule has 0 aliphatic heterocycles. The van der Waals surface area contributed by atoms with Gasteiger partial charge in [0.05, 0.1) is 4.90 Å². The van der Waals surface area contributed by atoms with Gasteiger partial charge >= 0.3 is 0 Å². The summed E-state index contributed by atoms with van der Waals surface area (Å²) < 4.78 is 43.7. The van der Waals surface area contributed by atoms with E-state index in [1.165, 1.54) is 34.5 Å². The zero-order chi connectivity index (χ0) is 23.4. The standard InChI is InChI=1S/C27H26FNO3S/c1-19(26-12-6-8-20-7-3-4-11-27(20)26)29-13-14-32-24-16-22(15-23(28)18-24)21-9-5-10-25(17-21)33(2,30)31/h3-12,15-19,29H,13-14H2,1-2H3/t19-/m1/s1. The lowest BCUT2D eigenvalue weighted by molar-refractivity contribution is 0.306. The average Bonchev–Trinajstić information content (AvgIpc) is 2.80. The molecule has 0 radical (unpaired) electrons. The minimum atomic E-state index is -3.35. The predicted molar refractivity (Wildman–Crippen MR) is 131 cm³/mol. The van der Waals surface area contributed by atoms with E-state index in [2.05, 4.69) is 42.6 Å². The van der Waals surface area contributed by atoms with Gasteiger partial charge in [0, 0.05) is 24.9 Å². The highest BCUT2D eigenvalue weighted by molar-refractivity contribution is 7.90. The van der Waals surface area contributed by atoms with E-state index in [-0.39, 0.29) is 10.9 Å². The van der Waals surface area contributed by atoms with Crippen LogP contribution >= 0.6 is 0 Å². The molecule has 0 bridgehead atoms. The van der Waals surface area contributed by atoms with E-state index in [1.807, 2.05) is 12.1 Å². The molecule has 0 aromatic heterocycles. The number of halogens is 1. The second kappa shape index (κ2) is 9.73. The quantitative estimate of drug-likeness (QED) is 0.337. The second-order valence-corrected chi connectivity index (χ2v) is 10.1. The summed E-state index contributed by atoms with van der Waals surface area (Å²) in [6, 6.07) is 25.6. The van der Waals surface area contributed by atoms with E-state index >= 15 is 0 Å². The summed E-state index contributed by atoms with van der Waals surface area (Å²) in [5.41, 5.74) is 2.39. The number of nitrogens with one attached hydrogen (secondary N) is 1. The number of sulfone groups is 1. The highest BCUT2D eigenvalue weighted by atomic mass is 32.2. The fourth-order valence-electron chi connectivity index (χ4n) is 3.90. The molecule has 4 aromatic rings. The zero-order valence-corrected chi connectivity index (χ0v) is 19.4. The van der Waals surface area contributed by atoms with Gasteiger partial charge in [-0.05, 0) is 58.7 Å².